The highest BCUT2D eigenvalue weighted by Gasteiger charge is 2.29. The van der Waals surface area contributed by atoms with Gasteiger partial charge in [-0.25, -0.2) is 9.59 Å². The largest absolute Gasteiger partial charge is 0.444 e. The number of carbonyl (C=O) groups is 2. The minimum Gasteiger partial charge on any atom is -0.444 e. The standard InChI is InChI=1S/C55H108N4O4/c1-7-9-11-13-15-17-19-21-23-25-27-29-31-33-43-58(3,4)45-47-62-54(60)56-52-39-35-50(36-40-52)49-51-37-41-53(42-38-51)57-55(61)63-48-46-59(5,6)44-34-32-30-28-26-24-22-20-18-16-14-12-10-8-2/h50-53H,7-49H2,1-6H3/p+2. The topological polar surface area (TPSA) is 76.7 Å². The van der Waals surface area contributed by atoms with Crippen LogP contribution in [-0.4, -0.2) is 101 Å². The van der Waals surface area contributed by atoms with Crippen LogP contribution in [0.15, 0.2) is 0 Å². The highest BCUT2D eigenvalue weighted by Crippen LogP contribution is 2.35. The molecule has 0 aromatic carbocycles. The summed E-state index contributed by atoms with van der Waals surface area (Å²) < 4.78 is 13.2. The molecule has 2 fully saturated rings. The van der Waals surface area contributed by atoms with E-state index in [2.05, 4.69) is 52.7 Å². The number of hydrogen-bond donors (Lipinski definition) is 2. The number of ether oxygens (including phenoxy) is 2. The van der Waals surface area contributed by atoms with Crippen molar-refractivity contribution in [1.82, 2.24) is 10.6 Å². The van der Waals surface area contributed by atoms with Gasteiger partial charge in [0.05, 0.1) is 41.3 Å². The Labute approximate surface area is 392 Å². The number of hydrogen-bond acceptors (Lipinski definition) is 4. The Hall–Kier alpha value is -1.54. The minimum absolute atomic E-state index is 0.234. The van der Waals surface area contributed by atoms with E-state index in [1.165, 1.54) is 212 Å². The molecule has 0 unspecified atom stereocenters. The van der Waals surface area contributed by atoms with Crippen molar-refractivity contribution in [2.75, 3.05) is 67.6 Å². The summed E-state index contributed by atoms with van der Waals surface area (Å²) in [6, 6.07) is 0.484. The highest BCUT2D eigenvalue weighted by atomic mass is 16.6. The molecule has 2 aliphatic rings. The molecule has 0 aromatic heterocycles. The fourth-order valence-electron chi connectivity index (χ4n) is 10.4. The Balaban J connectivity index is 1.40. The molecule has 372 valence electrons. The Morgan fingerprint density at radius 2 is 0.635 bits per heavy atom. The van der Waals surface area contributed by atoms with Crippen LogP contribution in [0.2, 0.25) is 0 Å². The molecule has 0 radical (unpaired) electrons. The van der Waals surface area contributed by atoms with Crippen LogP contribution in [0, 0.1) is 11.8 Å². The molecular formula is C55H110N4O4+2. The van der Waals surface area contributed by atoms with Crippen LogP contribution in [0.25, 0.3) is 0 Å². The number of alkyl carbamates (subject to hydrolysis) is 2. The van der Waals surface area contributed by atoms with E-state index >= 15 is 0 Å². The normalized spacial score (nSPS) is 19.5. The zero-order valence-corrected chi connectivity index (χ0v) is 43.2. The van der Waals surface area contributed by atoms with Crippen molar-refractivity contribution in [3.63, 3.8) is 0 Å². The average molecular weight is 892 g/mol. The van der Waals surface area contributed by atoms with E-state index in [-0.39, 0.29) is 24.3 Å². The zero-order valence-electron chi connectivity index (χ0n) is 43.2. The summed E-state index contributed by atoms with van der Waals surface area (Å²) in [5.41, 5.74) is 0. The fourth-order valence-corrected chi connectivity index (χ4v) is 10.4. The second kappa shape index (κ2) is 37.5. The molecule has 8 nitrogen and oxygen atoms in total. The summed E-state index contributed by atoms with van der Waals surface area (Å²) in [6.45, 7) is 9.59. The minimum atomic E-state index is -0.234. The lowest BCUT2D eigenvalue weighted by Crippen LogP contribution is -2.44. The summed E-state index contributed by atoms with van der Waals surface area (Å²) >= 11 is 0. The molecule has 0 bridgehead atoms. The van der Waals surface area contributed by atoms with Crippen LogP contribution in [0.3, 0.4) is 0 Å². The van der Waals surface area contributed by atoms with Gasteiger partial charge < -0.3 is 29.1 Å². The van der Waals surface area contributed by atoms with Crippen molar-refractivity contribution in [2.45, 2.75) is 264 Å². The van der Waals surface area contributed by atoms with Crippen LogP contribution in [0.1, 0.15) is 251 Å². The van der Waals surface area contributed by atoms with Gasteiger partial charge in [0.2, 0.25) is 0 Å². The molecule has 2 rings (SSSR count). The van der Waals surface area contributed by atoms with Crippen LogP contribution in [0.4, 0.5) is 9.59 Å². The van der Waals surface area contributed by atoms with Crippen molar-refractivity contribution in [1.29, 1.82) is 0 Å². The number of nitrogens with zero attached hydrogens (tertiary/aromatic N) is 2. The van der Waals surface area contributed by atoms with E-state index in [0.717, 1.165) is 72.7 Å². The van der Waals surface area contributed by atoms with Gasteiger partial charge in [0.25, 0.3) is 0 Å². The number of rotatable bonds is 40. The Kier molecular flexibility index (Phi) is 34.3. The first-order valence-corrected chi connectivity index (χ1v) is 28.0. The predicted molar refractivity (Wildman–Crippen MR) is 269 cm³/mol. The highest BCUT2D eigenvalue weighted by molar-refractivity contribution is 5.67. The summed E-state index contributed by atoms with van der Waals surface area (Å²) in [6.07, 6.45) is 48.7. The summed E-state index contributed by atoms with van der Waals surface area (Å²) in [5, 5.41) is 6.36. The molecule has 0 saturated heterocycles. The van der Waals surface area contributed by atoms with Gasteiger partial charge in [0, 0.05) is 12.1 Å². The van der Waals surface area contributed by atoms with E-state index in [9.17, 15) is 9.59 Å². The lowest BCUT2D eigenvalue weighted by molar-refractivity contribution is -0.890. The smallest absolute Gasteiger partial charge is 0.407 e. The number of quaternary nitrogens is 2. The summed E-state index contributed by atoms with van der Waals surface area (Å²) in [5.74, 6) is 1.50. The van der Waals surface area contributed by atoms with Crippen molar-refractivity contribution in [3.8, 4) is 0 Å². The van der Waals surface area contributed by atoms with E-state index < -0.39 is 0 Å². The first kappa shape index (κ1) is 57.6. The van der Waals surface area contributed by atoms with Crippen LogP contribution < -0.4 is 10.6 Å². The number of carbonyl (C=O) groups excluding carboxylic acids is 2. The fraction of sp³-hybridized carbons (Fsp3) is 0.964. The van der Waals surface area contributed by atoms with E-state index in [1.807, 2.05) is 0 Å². The van der Waals surface area contributed by atoms with Crippen LogP contribution in [-0.2, 0) is 9.47 Å². The molecule has 0 heterocycles. The molecule has 0 atom stereocenters. The number of unbranched alkanes of at least 4 members (excludes halogenated alkanes) is 26. The molecule has 0 aromatic rings. The first-order chi connectivity index (χ1) is 30.5. The number of amides is 2. The quantitative estimate of drug-likeness (QED) is 0.0475. The van der Waals surface area contributed by atoms with Gasteiger partial charge in [-0.05, 0) is 95.3 Å². The van der Waals surface area contributed by atoms with Crippen molar-refractivity contribution < 1.29 is 28.0 Å². The van der Waals surface area contributed by atoms with Gasteiger partial charge in [0.1, 0.15) is 26.3 Å². The predicted octanol–water partition coefficient (Wildman–Crippen LogP) is 15.1. The van der Waals surface area contributed by atoms with E-state index in [0.29, 0.717) is 13.2 Å². The molecule has 2 saturated carbocycles. The second-order valence-corrected chi connectivity index (χ2v) is 22.2. The molecule has 2 amide bonds. The lowest BCUT2D eigenvalue weighted by Gasteiger charge is -2.34. The van der Waals surface area contributed by atoms with Crippen LogP contribution in [0.5, 0.6) is 0 Å². The second-order valence-electron chi connectivity index (χ2n) is 22.2. The maximum atomic E-state index is 12.6. The van der Waals surface area contributed by atoms with Gasteiger partial charge in [-0.3, -0.25) is 0 Å². The van der Waals surface area contributed by atoms with Gasteiger partial charge >= 0.3 is 12.2 Å². The van der Waals surface area contributed by atoms with Gasteiger partial charge in [0.15, 0.2) is 0 Å². The van der Waals surface area contributed by atoms with Gasteiger partial charge in [-0.2, -0.15) is 0 Å². The monoisotopic (exact) mass is 891 g/mol. The molecule has 0 aliphatic heterocycles. The van der Waals surface area contributed by atoms with Crippen molar-refractivity contribution in [3.05, 3.63) is 0 Å². The SMILES string of the molecule is CCCCCCCCCCCCCCCC[N+](C)(C)CCOC(=O)NC1CCC(CC2CCC(NC(=O)OCC[N+](C)(C)CCCCCCCCCCCCCCCC)CC2)CC1. The van der Waals surface area contributed by atoms with Crippen molar-refractivity contribution >= 4 is 12.2 Å². The Bertz CT molecular complexity index is 987. The van der Waals surface area contributed by atoms with Crippen molar-refractivity contribution in [2.24, 2.45) is 11.8 Å². The third-order valence-corrected chi connectivity index (χ3v) is 15.1. The Morgan fingerprint density at radius 3 is 0.905 bits per heavy atom. The maximum absolute atomic E-state index is 12.6. The Morgan fingerprint density at radius 1 is 0.381 bits per heavy atom. The third-order valence-electron chi connectivity index (χ3n) is 15.1. The van der Waals surface area contributed by atoms with Gasteiger partial charge in [-0.1, -0.05) is 168 Å². The molecule has 8 heteroatoms. The summed E-state index contributed by atoms with van der Waals surface area (Å²) in [7, 11) is 9.08. The third kappa shape index (κ3) is 33.6. The maximum Gasteiger partial charge on any atom is 0.407 e. The molecular weight excluding hydrogens is 781 g/mol. The molecule has 2 N–H and O–H groups in total. The van der Waals surface area contributed by atoms with Crippen LogP contribution >= 0.6 is 0 Å². The number of likely N-dealkylation sites (N-methyl/N-ethyl adjacent to an activating group) is 2. The summed E-state index contributed by atoms with van der Waals surface area (Å²) in [4.78, 5) is 25.3. The van der Waals surface area contributed by atoms with E-state index in [4.69, 9.17) is 9.47 Å². The molecule has 0 spiro atoms. The zero-order chi connectivity index (χ0) is 45.7. The molecule has 2 aliphatic carbocycles. The first-order valence-electron chi connectivity index (χ1n) is 28.0. The lowest BCUT2D eigenvalue weighted by atomic mass is 9.76. The van der Waals surface area contributed by atoms with Gasteiger partial charge in [-0.15, -0.1) is 0 Å². The molecule has 63 heavy (non-hydrogen) atoms. The van der Waals surface area contributed by atoms with E-state index in [1.54, 1.807) is 0 Å². The average Bonchev–Trinajstić information content (AvgIpc) is 3.25. The number of nitrogens with one attached hydrogen (secondary N) is 2.